The van der Waals surface area contributed by atoms with Gasteiger partial charge in [-0.1, -0.05) is 29.3 Å². The average Bonchev–Trinajstić information content (AvgIpc) is 2.29. The molecule has 96 valence electrons. The van der Waals surface area contributed by atoms with Gasteiger partial charge >= 0.3 is 0 Å². The van der Waals surface area contributed by atoms with Crippen LogP contribution in [0.2, 0.25) is 0 Å². The van der Waals surface area contributed by atoms with Gasteiger partial charge in [0.2, 0.25) is 0 Å². The lowest BCUT2D eigenvalue weighted by Gasteiger charge is -2.22. The molecule has 0 saturated carbocycles. The molecule has 0 atom stereocenters. The summed E-state index contributed by atoms with van der Waals surface area (Å²) in [5, 5.41) is 0.632. The summed E-state index contributed by atoms with van der Waals surface area (Å²) in [6, 6.07) is 1.79. The van der Waals surface area contributed by atoms with Crippen molar-refractivity contribution in [3.8, 4) is 0 Å². The van der Waals surface area contributed by atoms with E-state index in [1.54, 1.807) is 11.0 Å². The molecule has 0 spiro atoms. The van der Waals surface area contributed by atoms with Gasteiger partial charge in [0.25, 0.3) is 6.43 Å². The summed E-state index contributed by atoms with van der Waals surface area (Å²) >= 11 is 3.26. The summed E-state index contributed by atoms with van der Waals surface area (Å²) in [4.78, 5) is 9.74. The van der Waals surface area contributed by atoms with E-state index >= 15 is 0 Å². The smallest absolute Gasteiger partial charge is 0.255 e. The molecule has 0 aliphatic carbocycles. The van der Waals surface area contributed by atoms with Crippen LogP contribution in [0.4, 0.5) is 14.6 Å². The number of anilines is 1. The topological polar surface area (TPSA) is 29.0 Å². The predicted molar refractivity (Wildman–Crippen MR) is 68.0 cm³/mol. The van der Waals surface area contributed by atoms with E-state index in [0.29, 0.717) is 17.7 Å². The molecule has 1 aromatic heterocycles. The normalized spacial score (nSPS) is 10.9. The zero-order valence-corrected chi connectivity index (χ0v) is 11.3. The Balaban J connectivity index is 2.81. The molecule has 17 heavy (non-hydrogen) atoms. The van der Waals surface area contributed by atoms with Crippen LogP contribution in [0.15, 0.2) is 12.4 Å². The molecule has 6 heteroatoms. The minimum atomic E-state index is -2.36. The van der Waals surface area contributed by atoms with E-state index in [-0.39, 0.29) is 6.54 Å². The van der Waals surface area contributed by atoms with Gasteiger partial charge in [-0.05, 0) is 6.42 Å². The first-order valence-electron chi connectivity index (χ1n) is 5.57. The number of rotatable bonds is 7. The Morgan fingerprint density at radius 1 is 1.41 bits per heavy atom. The number of hydrogen-bond acceptors (Lipinski definition) is 3. The first-order chi connectivity index (χ1) is 8.17. The first kappa shape index (κ1) is 14.3. The summed E-state index contributed by atoms with van der Waals surface area (Å²) in [6.07, 6.45) is 0.891. The van der Waals surface area contributed by atoms with Gasteiger partial charge in [0.05, 0.1) is 6.54 Å². The van der Waals surface area contributed by atoms with Crippen molar-refractivity contribution in [2.75, 3.05) is 23.3 Å². The third-order valence-electron chi connectivity index (χ3n) is 2.25. The summed E-state index contributed by atoms with van der Waals surface area (Å²) in [5.41, 5.74) is 0.895. The van der Waals surface area contributed by atoms with Crippen LogP contribution in [0.5, 0.6) is 0 Å². The molecule has 0 bridgehead atoms. The quantitative estimate of drug-likeness (QED) is 0.725. The van der Waals surface area contributed by atoms with Crippen LogP contribution in [0.25, 0.3) is 0 Å². The third-order valence-corrected chi connectivity index (χ3v) is 2.61. The van der Waals surface area contributed by atoms with Crippen LogP contribution in [0, 0.1) is 0 Å². The highest BCUT2D eigenvalue weighted by molar-refractivity contribution is 9.09. The monoisotopic (exact) mass is 307 g/mol. The van der Waals surface area contributed by atoms with Crippen LogP contribution in [0.3, 0.4) is 0 Å². The fourth-order valence-electron chi connectivity index (χ4n) is 1.52. The van der Waals surface area contributed by atoms with Crippen LogP contribution >= 0.6 is 15.9 Å². The zero-order chi connectivity index (χ0) is 12.7. The van der Waals surface area contributed by atoms with E-state index < -0.39 is 6.43 Å². The average molecular weight is 308 g/mol. The number of alkyl halides is 3. The highest BCUT2D eigenvalue weighted by Gasteiger charge is 2.13. The highest BCUT2D eigenvalue weighted by Crippen LogP contribution is 2.14. The molecule has 1 heterocycles. The number of hydrogen-bond donors (Lipinski definition) is 0. The van der Waals surface area contributed by atoms with Crippen molar-refractivity contribution in [1.29, 1.82) is 0 Å². The maximum atomic E-state index is 12.4. The minimum Gasteiger partial charge on any atom is -0.350 e. The standard InChI is InChI=1S/C11H16BrF2N3/c1-2-3-9-6-11(16-8-15-9)17(5-4-12)7-10(13)14/h6,8,10H,2-5,7H2,1H3. The zero-order valence-electron chi connectivity index (χ0n) is 9.74. The van der Waals surface area contributed by atoms with Gasteiger partial charge in [-0.15, -0.1) is 0 Å². The SMILES string of the molecule is CCCc1cc(N(CCBr)CC(F)F)ncn1. The fourth-order valence-corrected chi connectivity index (χ4v) is 1.95. The van der Waals surface area contributed by atoms with E-state index in [1.807, 2.05) is 0 Å². The first-order valence-corrected chi connectivity index (χ1v) is 6.69. The molecule has 0 unspecified atom stereocenters. The second-order valence-electron chi connectivity index (χ2n) is 3.64. The molecular formula is C11H16BrF2N3. The molecule has 0 aromatic carbocycles. The molecule has 0 radical (unpaired) electrons. The molecule has 0 aliphatic rings. The number of aryl methyl sites for hydroxylation is 1. The van der Waals surface area contributed by atoms with Gasteiger partial charge < -0.3 is 4.90 Å². The van der Waals surface area contributed by atoms with E-state index in [1.165, 1.54) is 6.33 Å². The molecule has 0 fully saturated rings. The van der Waals surface area contributed by atoms with Crippen LogP contribution in [0.1, 0.15) is 19.0 Å². The van der Waals surface area contributed by atoms with Gasteiger partial charge in [-0.2, -0.15) is 0 Å². The molecule has 0 saturated heterocycles. The fraction of sp³-hybridized carbons (Fsp3) is 0.636. The van der Waals surface area contributed by atoms with E-state index in [0.717, 1.165) is 18.5 Å². The van der Waals surface area contributed by atoms with Crippen LogP contribution in [-0.4, -0.2) is 34.8 Å². The van der Waals surface area contributed by atoms with Gasteiger partial charge in [-0.3, -0.25) is 0 Å². The third kappa shape index (κ3) is 4.93. The number of aromatic nitrogens is 2. The second-order valence-corrected chi connectivity index (χ2v) is 4.44. The number of nitrogens with zero attached hydrogens (tertiary/aromatic N) is 3. The lowest BCUT2D eigenvalue weighted by molar-refractivity contribution is 0.155. The molecule has 1 aromatic rings. The maximum Gasteiger partial charge on any atom is 0.255 e. The van der Waals surface area contributed by atoms with Gasteiger partial charge in [0, 0.05) is 23.6 Å². The second kappa shape index (κ2) is 7.53. The summed E-state index contributed by atoms with van der Waals surface area (Å²) < 4.78 is 24.9. The number of halogens is 3. The molecule has 0 aliphatic heterocycles. The highest BCUT2D eigenvalue weighted by atomic mass is 79.9. The predicted octanol–water partition coefficient (Wildman–Crippen LogP) is 2.90. The Morgan fingerprint density at radius 3 is 2.76 bits per heavy atom. The Labute approximate surface area is 108 Å². The van der Waals surface area contributed by atoms with Crippen molar-refractivity contribution in [2.45, 2.75) is 26.2 Å². The molecule has 0 amide bonds. The van der Waals surface area contributed by atoms with Gasteiger partial charge in [0.1, 0.15) is 12.1 Å². The van der Waals surface area contributed by atoms with Crippen molar-refractivity contribution >= 4 is 21.7 Å². The molecule has 0 N–H and O–H groups in total. The Bertz CT molecular complexity index is 336. The van der Waals surface area contributed by atoms with Crippen LogP contribution in [-0.2, 0) is 6.42 Å². The van der Waals surface area contributed by atoms with Crippen molar-refractivity contribution in [3.63, 3.8) is 0 Å². The molecule has 1 rings (SSSR count). The minimum absolute atomic E-state index is 0.297. The van der Waals surface area contributed by atoms with Crippen molar-refractivity contribution in [3.05, 3.63) is 18.1 Å². The van der Waals surface area contributed by atoms with Gasteiger partial charge in [-0.25, -0.2) is 18.7 Å². The lowest BCUT2D eigenvalue weighted by Crippen LogP contribution is -2.31. The van der Waals surface area contributed by atoms with Crippen LogP contribution < -0.4 is 4.90 Å². The van der Waals surface area contributed by atoms with Crippen molar-refractivity contribution < 1.29 is 8.78 Å². The van der Waals surface area contributed by atoms with Gasteiger partial charge in [0.15, 0.2) is 0 Å². The Morgan fingerprint density at radius 2 is 2.18 bits per heavy atom. The molecular weight excluding hydrogens is 292 g/mol. The lowest BCUT2D eigenvalue weighted by atomic mass is 10.2. The summed E-state index contributed by atoms with van der Waals surface area (Å²) in [7, 11) is 0. The maximum absolute atomic E-state index is 12.4. The summed E-state index contributed by atoms with van der Waals surface area (Å²) in [5.74, 6) is 0.572. The van der Waals surface area contributed by atoms with E-state index in [2.05, 4.69) is 32.8 Å². The Hall–Kier alpha value is -0.780. The van der Waals surface area contributed by atoms with E-state index in [9.17, 15) is 8.78 Å². The van der Waals surface area contributed by atoms with Crippen molar-refractivity contribution in [1.82, 2.24) is 9.97 Å². The largest absolute Gasteiger partial charge is 0.350 e. The summed E-state index contributed by atoms with van der Waals surface area (Å²) in [6.45, 7) is 2.26. The Kier molecular flexibility index (Phi) is 6.32. The van der Waals surface area contributed by atoms with E-state index in [4.69, 9.17) is 0 Å². The van der Waals surface area contributed by atoms with Crippen molar-refractivity contribution in [2.24, 2.45) is 0 Å². The molecule has 3 nitrogen and oxygen atoms in total.